The minimum absolute atomic E-state index is 0.0406. The molecule has 0 aromatic rings. The maximum atomic E-state index is 11.2. The second-order valence-electron chi connectivity index (χ2n) is 4.35. The van der Waals surface area contributed by atoms with Gasteiger partial charge in [-0.1, -0.05) is 0 Å². The first-order chi connectivity index (χ1) is 8.11. The van der Waals surface area contributed by atoms with Crippen molar-refractivity contribution in [2.45, 2.75) is 39.0 Å². The lowest BCUT2D eigenvalue weighted by Crippen LogP contribution is -2.39. The Balaban J connectivity index is 4.27. The highest BCUT2D eigenvalue weighted by Crippen LogP contribution is 2.00. The predicted molar refractivity (Wildman–Crippen MR) is 67.5 cm³/mol. The molecule has 108 valence electrons. The van der Waals surface area contributed by atoms with E-state index in [9.17, 15) is 13.2 Å². The molecule has 3 N–H and O–H groups in total. The molecule has 0 fully saturated rings. The van der Waals surface area contributed by atoms with Crippen molar-refractivity contribution in [3.8, 4) is 0 Å². The Kier molecular flexibility index (Phi) is 7.37. The van der Waals surface area contributed by atoms with Crippen molar-refractivity contribution < 1.29 is 22.7 Å². The molecule has 0 saturated heterocycles. The first-order valence-corrected chi connectivity index (χ1v) is 7.53. The normalized spacial score (nSPS) is 15.4. The minimum atomic E-state index is -3.31. The third kappa shape index (κ3) is 9.34. The Morgan fingerprint density at radius 2 is 1.89 bits per heavy atom. The van der Waals surface area contributed by atoms with Crippen LogP contribution < -0.4 is 10.5 Å². The van der Waals surface area contributed by atoms with Crippen molar-refractivity contribution in [3.05, 3.63) is 0 Å². The van der Waals surface area contributed by atoms with E-state index in [4.69, 9.17) is 15.2 Å². The molecule has 8 heteroatoms. The van der Waals surface area contributed by atoms with Gasteiger partial charge in [0.15, 0.2) is 0 Å². The number of sulfonamides is 1. The maximum Gasteiger partial charge on any atom is 0.322 e. The highest BCUT2D eigenvalue weighted by molar-refractivity contribution is 7.88. The average Bonchev–Trinajstić information content (AvgIpc) is 2.19. The summed E-state index contributed by atoms with van der Waals surface area (Å²) in [4.78, 5) is 11.2. The summed E-state index contributed by atoms with van der Waals surface area (Å²) >= 11 is 0. The van der Waals surface area contributed by atoms with Crippen LogP contribution >= 0.6 is 0 Å². The Morgan fingerprint density at radius 1 is 1.33 bits per heavy atom. The number of rotatable bonds is 8. The summed E-state index contributed by atoms with van der Waals surface area (Å²) in [5, 5.41) is 0. The van der Waals surface area contributed by atoms with E-state index in [1.54, 1.807) is 13.8 Å². The molecular formula is C10H22N2O5S. The minimum Gasteiger partial charge on any atom is -0.462 e. The summed E-state index contributed by atoms with van der Waals surface area (Å²) in [6.45, 7) is 5.13. The van der Waals surface area contributed by atoms with E-state index in [1.807, 2.05) is 0 Å². The molecule has 0 unspecified atom stereocenters. The Hall–Kier alpha value is -0.700. The molecule has 0 bridgehead atoms. The van der Waals surface area contributed by atoms with Gasteiger partial charge in [-0.05, 0) is 20.8 Å². The van der Waals surface area contributed by atoms with E-state index in [-0.39, 0.29) is 19.3 Å². The van der Waals surface area contributed by atoms with Gasteiger partial charge in [-0.15, -0.1) is 0 Å². The molecule has 0 spiro atoms. The molecule has 0 aromatic carbocycles. The fraction of sp³-hybridized carbons (Fsp3) is 0.900. The van der Waals surface area contributed by atoms with Gasteiger partial charge in [0.1, 0.15) is 18.8 Å². The Labute approximate surface area is 108 Å². The highest BCUT2D eigenvalue weighted by Gasteiger charge is 2.17. The zero-order chi connectivity index (χ0) is 14.3. The third-order valence-electron chi connectivity index (χ3n) is 1.82. The summed E-state index contributed by atoms with van der Waals surface area (Å²) < 4.78 is 34.6. The highest BCUT2D eigenvalue weighted by atomic mass is 32.2. The van der Waals surface area contributed by atoms with E-state index in [2.05, 4.69) is 4.72 Å². The second kappa shape index (κ2) is 7.67. The van der Waals surface area contributed by atoms with E-state index >= 15 is 0 Å². The Morgan fingerprint density at radius 3 is 2.28 bits per heavy atom. The van der Waals surface area contributed by atoms with Crippen LogP contribution in [0, 0.1) is 0 Å². The summed E-state index contributed by atoms with van der Waals surface area (Å²) in [7, 11) is -3.31. The van der Waals surface area contributed by atoms with Gasteiger partial charge in [-0.25, -0.2) is 13.1 Å². The molecular weight excluding hydrogens is 260 g/mol. The monoisotopic (exact) mass is 282 g/mol. The fourth-order valence-corrected chi connectivity index (χ4v) is 1.57. The summed E-state index contributed by atoms with van der Waals surface area (Å²) in [6, 6.07) is -0.715. The predicted octanol–water partition coefficient (Wildman–Crippen LogP) is -0.780. The van der Waals surface area contributed by atoms with E-state index in [1.165, 1.54) is 6.92 Å². The number of hydrogen-bond acceptors (Lipinski definition) is 6. The van der Waals surface area contributed by atoms with Crippen molar-refractivity contribution in [1.29, 1.82) is 0 Å². The van der Waals surface area contributed by atoms with E-state index in [0.717, 1.165) is 6.26 Å². The zero-order valence-corrected chi connectivity index (χ0v) is 12.0. The van der Waals surface area contributed by atoms with Crippen molar-refractivity contribution in [1.82, 2.24) is 4.72 Å². The SMILES string of the molecule is CC(C)O[C@@H](CNS(C)(=O)=O)COC(=O)[C@H](C)N. The molecule has 18 heavy (non-hydrogen) atoms. The van der Waals surface area contributed by atoms with Crippen molar-refractivity contribution in [2.75, 3.05) is 19.4 Å². The van der Waals surface area contributed by atoms with Crippen molar-refractivity contribution in [2.24, 2.45) is 5.73 Å². The molecule has 7 nitrogen and oxygen atoms in total. The summed E-state index contributed by atoms with van der Waals surface area (Å²) in [5.74, 6) is -0.549. The number of ether oxygens (including phenoxy) is 2. The topological polar surface area (TPSA) is 108 Å². The van der Waals surface area contributed by atoms with Crippen LogP contribution in [0.4, 0.5) is 0 Å². The van der Waals surface area contributed by atoms with Gasteiger partial charge >= 0.3 is 5.97 Å². The van der Waals surface area contributed by atoms with Crippen LogP contribution in [0.15, 0.2) is 0 Å². The van der Waals surface area contributed by atoms with Crippen LogP contribution in [0.25, 0.3) is 0 Å². The number of nitrogens with two attached hydrogens (primary N) is 1. The molecule has 0 saturated carbocycles. The number of carbonyl (C=O) groups is 1. The van der Waals surface area contributed by atoms with E-state index in [0.29, 0.717) is 0 Å². The average molecular weight is 282 g/mol. The standard InChI is InChI=1S/C10H22N2O5S/c1-7(2)17-9(5-12-18(4,14)15)6-16-10(13)8(3)11/h7-9,12H,5-6,11H2,1-4H3/t8-,9-/m0/s1. The smallest absolute Gasteiger partial charge is 0.322 e. The van der Waals surface area contributed by atoms with Gasteiger partial charge in [0.2, 0.25) is 10.0 Å². The first-order valence-electron chi connectivity index (χ1n) is 5.64. The van der Waals surface area contributed by atoms with Crippen LogP contribution in [-0.4, -0.2) is 52.0 Å². The van der Waals surface area contributed by atoms with Crippen LogP contribution in [0.2, 0.25) is 0 Å². The largest absolute Gasteiger partial charge is 0.462 e. The zero-order valence-electron chi connectivity index (χ0n) is 11.2. The number of hydrogen-bond donors (Lipinski definition) is 2. The molecule has 0 aliphatic carbocycles. The molecule has 2 atom stereocenters. The molecule has 0 radical (unpaired) electrons. The first kappa shape index (κ1) is 17.3. The summed E-state index contributed by atoms with van der Waals surface area (Å²) in [6.07, 6.45) is 0.403. The maximum absolute atomic E-state index is 11.2. The molecule has 0 aromatic heterocycles. The van der Waals surface area contributed by atoms with Crippen LogP contribution in [0.3, 0.4) is 0 Å². The number of carbonyl (C=O) groups excluding carboxylic acids is 1. The lowest BCUT2D eigenvalue weighted by atomic mass is 10.3. The molecule has 0 aliphatic rings. The molecule has 0 rings (SSSR count). The van der Waals surface area contributed by atoms with E-state index < -0.39 is 28.1 Å². The van der Waals surface area contributed by atoms with Crippen molar-refractivity contribution >= 4 is 16.0 Å². The van der Waals surface area contributed by atoms with Crippen LogP contribution in [-0.2, 0) is 24.3 Å². The van der Waals surface area contributed by atoms with Gasteiger partial charge in [-0.3, -0.25) is 4.79 Å². The second-order valence-corrected chi connectivity index (χ2v) is 6.18. The van der Waals surface area contributed by atoms with Gasteiger partial charge in [0.05, 0.1) is 12.4 Å². The molecule has 0 aliphatic heterocycles. The van der Waals surface area contributed by atoms with Gasteiger partial charge in [-0.2, -0.15) is 0 Å². The lowest BCUT2D eigenvalue weighted by molar-refractivity contribution is -0.150. The molecule has 0 heterocycles. The Bertz CT molecular complexity index is 353. The van der Waals surface area contributed by atoms with Crippen LogP contribution in [0.1, 0.15) is 20.8 Å². The van der Waals surface area contributed by atoms with Crippen LogP contribution in [0.5, 0.6) is 0 Å². The number of nitrogens with one attached hydrogen (secondary N) is 1. The third-order valence-corrected chi connectivity index (χ3v) is 2.51. The number of esters is 1. The summed E-state index contributed by atoms with van der Waals surface area (Å²) in [5.41, 5.74) is 5.34. The molecule has 0 amide bonds. The van der Waals surface area contributed by atoms with Crippen molar-refractivity contribution in [3.63, 3.8) is 0 Å². The van der Waals surface area contributed by atoms with Gasteiger partial charge in [0.25, 0.3) is 0 Å². The quantitative estimate of drug-likeness (QED) is 0.565. The van der Waals surface area contributed by atoms with Gasteiger partial charge in [0, 0.05) is 6.54 Å². The fourth-order valence-electron chi connectivity index (χ4n) is 1.08. The lowest BCUT2D eigenvalue weighted by Gasteiger charge is -2.20. The van der Waals surface area contributed by atoms with Gasteiger partial charge < -0.3 is 15.2 Å².